The number of esters is 1. The Morgan fingerprint density at radius 1 is 1.18 bits per heavy atom. The van der Waals surface area contributed by atoms with E-state index in [1.165, 1.54) is 4.90 Å². The van der Waals surface area contributed by atoms with E-state index < -0.39 is 6.04 Å². The molecule has 0 saturated carbocycles. The first-order valence-electron chi connectivity index (χ1n) is 10.1. The van der Waals surface area contributed by atoms with Gasteiger partial charge in [-0.15, -0.1) is 0 Å². The van der Waals surface area contributed by atoms with E-state index in [-0.39, 0.29) is 18.6 Å². The molecule has 0 radical (unpaired) electrons. The van der Waals surface area contributed by atoms with Crippen molar-refractivity contribution in [1.29, 1.82) is 0 Å². The van der Waals surface area contributed by atoms with Crippen LogP contribution >= 0.6 is 0 Å². The number of carbonyl (C=O) groups is 2. The van der Waals surface area contributed by atoms with Crippen molar-refractivity contribution in [2.45, 2.75) is 66.6 Å². The third kappa shape index (κ3) is 4.93. The maximum atomic E-state index is 12.9. The molecule has 0 aliphatic carbocycles. The van der Waals surface area contributed by atoms with Gasteiger partial charge in [0.2, 0.25) is 0 Å². The average Bonchev–Trinajstić information content (AvgIpc) is 2.60. The Hall–Kier alpha value is -2.34. The molecule has 3 N–H and O–H groups in total. The number of amides is 2. The topological polar surface area (TPSA) is 71.9 Å². The molecule has 2 amide bonds. The van der Waals surface area contributed by atoms with Crippen molar-refractivity contribution in [2.24, 2.45) is 0 Å². The molecule has 0 bridgehead atoms. The van der Waals surface area contributed by atoms with Crippen molar-refractivity contribution in [3.8, 4) is 0 Å². The third-order valence-corrected chi connectivity index (χ3v) is 5.26. The van der Waals surface area contributed by atoms with Crippen LogP contribution in [0.25, 0.3) is 0 Å². The van der Waals surface area contributed by atoms with Gasteiger partial charge in [0.25, 0.3) is 0 Å². The van der Waals surface area contributed by atoms with Crippen LogP contribution in [0.2, 0.25) is 0 Å². The van der Waals surface area contributed by atoms with Crippen molar-refractivity contribution in [1.82, 2.24) is 10.6 Å². The molecule has 0 spiro atoms. The van der Waals surface area contributed by atoms with Gasteiger partial charge >= 0.3 is 12.0 Å². The van der Waals surface area contributed by atoms with Crippen LogP contribution in [-0.4, -0.2) is 37.2 Å². The lowest BCUT2D eigenvalue weighted by molar-refractivity contribution is -0.938. The number of rotatable bonds is 7. The van der Waals surface area contributed by atoms with Crippen LogP contribution in [0.1, 0.15) is 57.4 Å². The largest absolute Gasteiger partial charge is 0.463 e. The van der Waals surface area contributed by atoms with E-state index >= 15 is 0 Å². The molecule has 6 nitrogen and oxygen atoms in total. The van der Waals surface area contributed by atoms with Crippen LogP contribution in [0.4, 0.5) is 4.79 Å². The van der Waals surface area contributed by atoms with Gasteiger partial charge in [-0.3, -0.25) is 0 Å². The molecule has 0 unspecified atom stereocenters. The number of urea groups is 1. The number of ether oxygens (including phenoxy) is 1. The summed E-state index contributed by atoms with van der Waals surface area (Å²) in [5.41, 5.74) is 4.16. The molecule has 1 heterocycles. The van der Waals surface area contributed by atoms with Gasteiger partial charge in [-0.1, -0.05) is 23.8 Å². The highest BCUT2D eigenvalue weighted by Crippen LogP contribution is 2.30. The van der Waals surface area contributed by atoms with Crippen molar-refractivity contribution < 1.29 is 19.2 Å². The standard InChI is InChI=1S/C22H33N3O3/c1-8-28-21(26)19-18(12-25(13(2)3)14(4)5)23-22(27)24-20(19)17-11-15(6)9-10-16(17)7/h9-11,13-14,20H,8,12H2,1-7H3,(H2,23,24,27)/p+1/t20-/m1/s1. The van der Waals surface area contributed by atoms with E-state index in [0.717, 1.165) is 16.7 Å². The van der Waals surface area contributed by atoms with Crippen LogP contribution in [-0.2, 0) is 9.53 Å². The van der Waals surface area contributed by atoms with E-state index in [1.54, 1.807) is 6.92 Å². The monoisotopic (exact) mass is 388 g/mol. The normalized spacial score (nSPS) is 17.2. The van der Waals surface area contributed by atoms with Crippen LogP contribution in [0.15, 0.2) is 29.5 Å². The van der Waals surface area contributed by atoms with Crippen LogP contribution in [0.5, 0.6) is 0 Å². The van der Waals surface area contributed by atoms with Crippen molar-refractivity contribution in [2.75, 3.05) is 13.2 Å². The summed E-state index contributed by atoms with van der Waals surface area (Å²) in [6, 6.07) is 5.95. The number of aryl methyl sites for hydroxylation is 2. The van der Waals surface area contributed by atoms with Gasteiger partial charge in [-0.2, -0.15) is 0 Å². The highest BCUT2D eigenvalue weighted by molar-refractivity contribution is 5.95. The van der Waals surface area contributed by atoms with Crippen molar-refractivity contribution in [3.63, 3.8) is 0 Å². The molecule has 6 heteroatoms. The quantitative estimate of drug-likeness (QED) is 0.627. The van der Waals surface area contributed by atoms with Gasteiger partial charge in [0.15, 0.2) is 0 Å². The summed E-state index contributed by atoms with van der Waals surface area (Å²) in [6.45, 7) is 15.2. The molecule has 28 heavy (non-hydrogen) atoms. The summed E-state index contributed by atoms with van der Waals surface area (Å²) in [5.74, 6) is -0.386. The molecule has 1 aliphatic heterocycles. The maximum absolute atomic E-state index is 12.9. The summed E-state index contributed by atoms with van der Waals surface area (Å²) in [5, 5.41) is 5.82. The number of carbonyl (C=O) groups excluding carboxylic acids is 2. The fourth-order valence-corrected chi connectivity index (χ4v) is 3.79. The average molecular weight is 389 g/mol. The number of nitrogens with one attached hydrogen (secondary N) is 3. The number of benzene rings is 1. The molecule has 0 aromatic heterocycles. The van der Waals surface area contributed by atoms with Gasteiger partial charge in [0.1, 0.15) is 6.54 Å². The summed E-state index contributed by atoms with van der Waals surface area (Å²) >= 11 is 0. The fourth-order valence-electron chi connectivity index (χ4n) is 3.79. The van der Waals surface area contributed by atoms with E-state index in [2.05, 4.69) is 38.3 Å². The molecule has 154 valence electrons. The van der Waals surface area contributed by atoms with Gasteiger partial charge < -0.3 is 20.3 Å². The number of quaternary nitrogens is 1. The predicted octanol–water partition coefficient (Wildman–Crippen LogP) is 2.18. The highest BCUT2D eigenvalue weighted by Gasteiger charge is 2.36. The Morgan fingerprint density at radius 2 is 1.82 bits per heavy atom. The fraction of sp³-hybridized carbons (Fsp3) is 0.545. The molecule has 1 aromatic rings. The Labute approximate surface area is 168 Å². The van der Waals surface area contributed by atoms with Gasteiger partial charge in [-0.25, -0.2) is 9.59 Å². The van der Waals surface area contributed by atoms with Gasteiger partial charge in [-0.05, 0) is 59.6 Å². The van der Waals surface area contributed by atoms with Crippen LogP contribution in [0.3, 0.4) is 0 Å². The minimum Gasteiger partial charge on any atom is -0.463 e. The summed E-state index contributed by atoms with van der Waals surface area (Å²) in [7, 11) is 0. The Kier molecular flexibility index (Phi) is 7.24. The molecular formula is C22H34N3O3+. The molecule has 1 atom stereocenters. The highest BCUT2D eigenvalue weighted by atomic mass is 16.5. The zero-order chi connectivity index (χ0) is 21.0. The van der Waals surface area contributed by atoms with E-state index in [1.807, 2.05) is 32.0 Å². The molecular weight excluding hydrogens is 354 g/mol. The smallest absolute Gasteiger partial charge is 0.338 e. The first-order chi connectivity index (χ1) is 13.1. The lowest BCUT2D eigenvalue weighted by Gasteiger charge is -2.34. The predicted molar refractivity (Wildman–Crippen MR) is 110 cm³/mol. The Morgan fingerprint density at radius 3 is 2.39 bits per heavy atom. The second kappa shape index (κ2) is 9.24. The molecule has 1 aromatic carbocycles. The first kappa shape index (κ1) is 22.0. The lowest BCUT2D eigenvalue weighted by Crippen LogP contribution is -3.18. The number of hydrogen-bond donors (Lipinski definition) is 3. The zero-order valence-corrected chi connectivity index (χ0v) is 18.1. The Balaban J connectivity index is 2.60. The first-order valence-corrected chi connectivity index (χ1v) is 10.1. The van der Waals surface area contributed by atoms with E-state index in [0.29, 0.717) is 29.9 Å². The zero-order valence-electron chi connectivity index (χ0n) is 18.1. The minimum absolute atomic E-state index is 0.286. The van der Waals surface area contributed by atoms with Crippen LogP contribution < -0.4 is 15.5 Å². The Bertz CT molecular complexity index is 760. The minimum atomic E-state index is -0.525. The van der Waals surface area contributed by atoms with Gasteiger partial charge in [0.05, 0.1) is 36.0 Å². The van der Waals surface area contributed by atoms with Crippen LogP contribution in [0, 0.1) is 13.8 Å². The SMILES string of the molecule is CCOC(=O)C1=C(C[NH+](C(C)C)C(C)C)NC(=O)N[C@@H]1c1cc(C)ccc1C. The van der Waals surface area contributed by atoms with Gasteiger partial charge in [0, 0.05) is 0 Å². The van der Waals surface area contributed by atoms with E-state index in [4.69, 9.17) is 4.74 Å². The second-order valence-electron chi connectivity index (χ2n) is 8.07. The lowest BCUT2D eigenvalue weighted by atomic mass is 9.90. The van der Waals surface area contributed by atoms with Crippen molar-refractivity contribution >= 4 is 12.0 Å². The third-order valence-electron chi connectivity index (χ3n) is 5.26. The summed E-state index contributed by atoms with van der Waals surface area (Å²) in [4.78, 5) is 26.7. The second-order valence-corrected chi connectivity index (χ2v) is 8.07. The molecule has 1 aliphatic rings. The molecule has 0 fully saturated rings. The van der Waals surface area contributed by atoms with Crippen molar-refractivity contribution in [3.05, 3.63) is 46.2 Å². The van der Waals surface area contributed by atoms with E-state index in [9.17, 15) is 9.59 Å². The number of hydrogen-bond acceptors (Lipinski definition) is 3. The molecule has 0 saturated heterocycles. The summed E-state index contributed by atoms with van der Waals surface area (Å²) < 4.78 is 5.37. The molecule has 2 rings (SSSR count). The maximum Gasteiger partial charge on any atom is 0.338 e. The summed E-state index contributed by atoms with van der Waals surface area (Å²) in [6.07, 6.45) is 0.